The summed E-state index contributed by atoms with van der Waals surface area (Å²) >= 11 is 0. The van der Waals surface area contributed by atoms with Crippen molar-refractivity contribution in [1.82, 2.24) is 5.32 Å². The second-order valence-corrected chi connectivity index (χ2v) is 4.43. The fourth-order valence-electron chi connectivity index (χ4n) is 2.05. The lowest BCUT2D eigenvalue weighted by Gasteiger charge is -2.16. The lowest BCUT2D eigenvalue weighted by Crippen LogP contribution is -2.41. The summed E-state index contributed by atoms with van der Waals surface area (Å²) in [6.45, 7) is 2.69. The number of primary amides is 1. The third-order valence-corrected chi connectivity index (χ3v) is 2.99. The largest absolute Gasteiger partial charge is 0.509 e. The van der Waals surface area contributed by atoms with E-state index in [-0.39, 0.29) is 6.54 Å². The Morgan fingerprint density at radius 1 is 1.42 bits per heavy atom. The van der Waals surface area contributed by atoms with Gasteiger partial charge in [0.2, 0.25) is 0 Å². The zero-order valence-corrected chi connectivity index (χ0v) is 10.7. The fraction of sp³-hybridized carbons (Fsp3) is 0.818. The second-order valence-electron chi connectivity index (χ2n) is 4.43. The van der Waals surface area contributed by atoms with Gasteiger partial charge in [-0.15, -0.1) is 0 Å². The van der Waals surface area contributed by atoms with E-state index in [4.69, 9.17) is 24.7 Å². The Kier molecular flexibility index (Phi) is 4.43. The van der Waals surface area contributed by atoms with Crippen molar-refractivity contribution >= 4 is 12.2 Å². The van der Waals surface area contributed by atoms with Crippen molar-refractivity contribution < 1.29 is 28.5 Å². The summed E-state index contributed by atoms with van der Waals surface area (Å²) in [5.74, 6) is 0. The molecule has 108 valence electrons. The number of carbonyl (C=O) groups excluding carboxylic acids is 2. The Hall–Kier alpha value is -1.54. The average molecular weight is 274 g/mol. The van der Waals surface area contributed by atoms with E-state index in [0.29, 0.717) is 6.61 Å². The van der Waals surface area contributed by atoms with Gasteiger partial charge < -0.3 is 30.0 Å². The third kappa shape index (κ3) is 3.27. The molecule has 19 heavy (non-hydrogen) atoms. The fourth-order valence-corrected chi connectivity index (χ4v) is 2.05. The minimum atomic E-state index is -0.744. The van der Waals surface area contributed by atoms with E-state index in [1.165, 1.54) is 0 Å². The van der Waals surface area contributed by atoms with Crippen LogP contribution in [0.5, 0.6) is 0 Å². The van der Waals surface area contributed by atoms with E-state index >= 15 is 0 Å². The molecule has 2 heterocycles. The Balaban J connectivity index is 1.91. The van der Waals surface area contributed by atoms with Crippen LogP contribution < -0.4 is 11.1 Å². The number of rotatable bonds is 6. The van der Waals surface area contributed by atoms with Crippen molar-refractivity contribution in [3.8, 4) is 0 Å². The highest BCUT2D eigenvalue weighted by atomic mass is 16.8. The van der Waals surface area contributed by atoms with Gasteiger partial charge in [-0.3, -0.25) is 0 Å². The number of nitrogens with one attached hydrogen (secondary N) is 1. The van der Waals surface area contributed by atoms with Gasteiger partial charge in [-0.1, -0.05) is 13.3 Å². The topological polar surface area (TPSA) is 109 Å². The van der Waals surface area contributed by atoms with Gasteiger partial charge in [0.15, 0.2) is 18.5 Å². The highest BCUT2D eigenvalue weighted by molar-refractivity contribution is 5.71. The molecule has 0 saturated carbocycles. The number of urea groups is 1. The number of hydrogen-bond donors (Lipinski definition) is 2. The Morgan fingerprint density at radius 3 is 2.84 bits per heavy atom. The van der Waals surface area contributed by atoms with Crippen molar-refractivity contribution in [1.29, 1.82) is 0 Å². The number of hydrogen-bond acceptors (Lipinski definition) is 6. The SMILES string of the molecule is CCCCO[C@@H]1OC(CNC(N)=O)[C@H]2OC(=O)O[C@@H]12. The van der Waals surface area contributed by atoms with Gasteiger partial charge in [0.05, 0.1) is 0 Å². The molecule has 8 heteroatoms. The molecule has 0 aromatic carbocycles. The van der Waals surface area contributed by atoms with Crippen LogP contribution in [0, 0.1) is 0 Å². The van der Waals surface area contributed by atoms with Crippen LogP contribution in [0.3, 0.4) is 0 Å². The summed E-state index contributed by atoms with van der Waals surface area (Å²) in [7, 11) is 0. The van der Waals surface area contributed by atoms with Gasteiger partial charge in [0.1, 0.15) is 6.10 Å². The maximum atomic E-state index is 11.1. The Labute approximate surface area is 110 Å². The molecule has 1 unspecified atom stereocenters. The lowest BCUT2D eigenvalue weighted by molar-refractivity contribution is -0.166. The van der Waals surface area contributed by atoms with E-state index in [9.17, 15) is 9.59 Å². The molecule has 4 atom stereocenters. The summed E-state index contributed by atoms with van der Waals surface area (Å²) in [6.07, 6.45) is -1.22. The van der Waals surface area contributed by atoms with E-state index in [1.54, 1.807) is 0 Å². The molecule has 2 amide bonds. The van der Waals surface area contributed by atoms with Crippen molar-refractivity contribution in [3.05, 3.63) is 0 Å². The predicted octanol–water partition coefficient (Wildman–Crippen LogP) is 0.100. The van der Waals surface area contributed by atoms with Gasteiger partial charge in [-0.25, -0.2) is 9.59 Å². The maximum Gasteiger partial charge on any atom is 0.509 e. The van der Waals surface area contributed by atoms with Crippen molar-refractivity contribution in [2.45, 2.75) is 44.4 Å². The molecule has 0 aromatic heterocycles. The lowest BCUT2D eigenvalue weighted by atomic mass is 10.1. The molecular formula is C11H18N2O6. The van der Waals surface area contributed by atoms with Gasteiger partial charge in [-0.2, -0.15) is 0 Å². The van der Waals surface area contributed by atoms with Crippen LogP contribution in [0.25, 0.3) is 0 Å². The van der Waals surface area contributed by atoms with Crippen LogP contribution in [-0.4, -0.2) is 49.9 Å². The summed E-state index contributed by atoms with van der Waals surface area (Å²) in [4.78, 5) is 21.8. The van der Waals surface area contributed by atoms with Crippen LogP contribution in [0.15, 0.2) is 0 Å². The summed E-state index contributed by atoms with van der Waals surface area (Å²) in [5.41, 5.74) is 4.99. The molecular weight excluding hydrogens is 256 g/mol. The molecule has 2 fully saturated rings. The van der Waals surface area contributed by atoms with Gasteiger partial charge in [0.25, 0.3) is 0 Å². The second kappa shape index (κ2) is 6.07. The molecule has 0 spiro atoms. The predicted molar refractivity (Wildman–Crippen MR) is 62.2 cm³/mol. The summed E-state index contributed by atoms with van der Waals surface area (Å²) in [5, 5.41) is 2.41. The van der Waals surface area contributed by atoms with Gasteiger partial charge in [-0.05, 0) is 6.42 Å². The molecule has 2 rings (SSSR count). The number of ether oxygens (including phenoxy) is 4. The van der Waals surface area contributed by atoms with E-state index in [0.717, 1.165) is 12.8 Å². The first-order valence-corrected chi connectivity index (χ1v) is 6.29. The zero-order valence-electron chi connectivity index (χ0n) is 10.7. The van der Waals surface area contributed by atoms with Crippen molar-refractivity contribution in [2.24, 2.45) is 5.73 Å². The van der Waals surface area contributed by atoms with E-state index in [1.807, 2.05) is 6.92 Å². The molecule has 2 saturated heterocycles. The number of unbranched alkanes of at least 4 members (excludes halogenated alkanes) is 1. The van der Waals surface area contributed by atoms with Crippen LogP contribution in [-0.2, 0) is 18.9 Å². The molecule has 0 aliphatic carbocycles. The number of carbonyl (C=O) groups is 2. The highest BCUT2D eigenvalue weighted by Gasteiger charge is 2.54. The smallest absolute Gasteiger partial charge is 0.424 e. The van der Waals surface area contributed by atoms with Crippen LogP contribution in [0.2, 0.25) is 0 Å². The first-order chi connectivity index (χ1) is 9.11. The summed E-state index contributed by atoms with van der Waals surface area (Å²) < 4.78 is 21.1. The zero-order chi connectivity index (χ0) is 13.8. The van der Waals surface area contributed by atoms with E-state index in [2.05, 4.69) is 5.32 Å². The minimum absolute atomic E-state index is 0.140. The van der Waals surface area contributed by atoms with E-state index < -0.39 is 36.8 Å². The normalized spacial score (nSPS) is 32.6. The van der Waals surface area contributed by atoms with Gasteiger partial charge >= 0.3 is 12.2 Å². The molecule has 8 nitrogen and oxygen atoms in total. The molecule has 2 aliphatic rings. The average Bonchev–Trinajstić information content (AvgIpc) is 2.86. The first-order valence-electron chi connectivity index (χ1n) is 6.29. The third-order valence-electron chi connectivity index (χ3n) is 2.99. The van der Waals surface area contributed by atoms with Crippen LogP contribution in [0.1, 0.15) is 19.8 Å². The molecule has 0 radical (unpaired) electrons. The minimum Gasteiger partial charge on any atom is -0.424 e. The monoisotopic (exact) mass is 274 g/mol. The first kappa shape index (κ1) is 13.9. The molecule has 0 aromatic rings. The van der Waals surface area contributed by atoms with Gasteiger partial charge in [0, 0.05) is 13.2 Å². The quantitative estimate of drug-likeness (QED) is 0.525. The van der Waals surface area contributed by atoms with Crippen molar-refractivity contribution in [3.63, 3.8) is 0 Å². The molecule has 0 bridgehead atoms. The molecule has 3 N–H and O–H groups in total. The number of amides is 2. The molecule has 2 aliphatic heterocycles. The van der Waals surface area contributed by atoms with Crippen LogP contribution >= 0.6 is 0 Å². The number of fused-ring (bicyclic) bond motifs is 1. The Morgan fingerprint density at radius 2 is 2.16 bits per heavy atom. The summed E-state index contributed by atoms with van der Waals surface area (Å²) in [6, 6.07) is -0.666. The highest BCUT2D eigenvalue weighted by Crippen LogP contribution is 2.32. The Bertz CT molecular complexity index is 350. The van der Waals surface area contributed by atoms with Crippen molar-refractivity contribution in [2.75, 3.05) is 13.2 Å². The number of nitrogens with two attached hydrogens (primary N) is 1. The maximum absolute atomic E-state index is 11.1. The standard InChI is InChI=1S/C11H18N2O6/c1-2-3-4-16-9-8-7(18-11(15)19-8)6(17-9)5-13-10(12)14/h6-9H,2-5H2,1H3,(H3,12,13,14)/t6?,7-,8-,9-/m1/s1. The van der Waals surface area contributed by atoms with Crippen LogP contribution in [0.4, 0.5) is 9.59 Å².